The molecule has 0 N–H and O–H groups in total. The van der Waals surface area contributed by atoms with Crippen molar-refractivity contribution in [3.05, 3.63) is 176 Å². The van der Waals surface area contributed by atoms with E-state index in [1.807, 2.05) is 84.9 Å². The Labute approximate surface area is 325 Å². The lowest BCUT2D eigenvalue weighted by atomic mass is 10.00. The van der Waals surface area contributed by atoms with E-state index >= 15 is 0 Å². The van der Waals surface area contributed by atoms with Gasteiger partial charge in [-0.25, -0.2) is 24.9 Å². The highest BCUT2D eigenvalue weighted by Crippen LogP contribution is 2.41. The number of benzene rings is 7. The number of nitrogens with zero attached hydrogens (tertiary/aromatic N) is 5. The van der Waals surface area contributed by atoms with Gasteiger partial charge < -0.3 is 4.42 Å². The molecule has 262 valence electrons. The molecular formula is C49H29N5OS. The molecular weight excluding hydrogens is 707 g/mol. The van der Waals surface area contributed by atoms with Crippen LogP contribution in [0.2, 0.25) is 0 Å². The third-order valence-corrected chi connectivity index (χ3v) is 11.3. The Morgan fingerprint density at radius 3 is 1.57 bits per heavy atom. The van der Waals surface area contributed by atoms with Crippen molar-refractivity contribution in [1.29, 1.82) is 0 Å². The summed E-state index contributed by atoms with van der Waals surface area (Å²) in [5.74, 6) is 2.55. The molecule has 6 nitrogen and oxygen atoms in total. The second kappa shape index (κ2) is 13.2. The van der Waals surface area contributed by atoms with Crippen LogP contribution < -0.4 is 0 Å². The molecule has 7 aromatic carbocycles. The standard InChI is InChI=1S/C49H29N5OS/c1-4-13-32(14-5-1)46-50-42(45-43(51-46)39-19-10-11-22-41(39)56-45)31-25-23-30(24-26-31)36-20-12-21-38-37-28-27-35(29-40(37)55-44(36)38)49-53-47(33-15-6-2-7-16-33)52-48(54-49)34-17-8-3-9-18-34/h1-29H. The van der Waals surface area contributed by atoms with Gasteiger partial charge in [-0.3, -0.25) is 0 Å². The summed E-state index contributed by atoms with van der Waals surface area (Å²) in [6.45, 7) is 0. The van der Waals surface area contributed by atoms with E-state index in [1.54, 1.807) is 11.3 Å². The highest BCUT2D eigenvalue weighted by Gasteiger charge is 2.19. The molecule has 4 aromatic heterocycles. The van der Waals surface area contributed by atoms with Crippen LogP contribution in [-0.4, -0.2) is 24.9 Å². The van der Waals surface area contributed by atoms with E-state index in [-0.39, 0.29) is 0 Å². The van der Waals surface area contributed by atoms with Crippen LogP contribution in [-0.2, 0) is 0 Å². The molecule has 4 heterocycles. The number of thiophene rings is 1. The summed E-state index contributed by atoms with van der Waals surface area (Å²) < 4.78 is 8.99. The largest absolute Gasteiger partial charge is 0.455 e. The first-order valence-corrected chi connectivity index (χ1v) is 19.2. The van der Waals surface area contributed by atoms with Crippen LogP contribution in [0.5, 0.6) is 0 Å². The topological polar surface area (TPSA) is 77.6 Å². The number of aromatic nitrogens is 5. The van der Waals surface area contributed by atoms with Gasteiger partial charge in [-0.2, -0.15) is 0 Å². The zero-order valence-corrected chi connectivity index (χ0v) is 30.6. The van der Waals surface area contributed by atoms with Crippen LogP contribution in [0.25, 0.3) is 110 Å². The number of hydrogen-bond acceptors (Lipinski definition) is 7. The molecule has 0 spiro atoms. The number of para-hydroxylation sites is 1. The Morgan fingerprint density at radius 2 is 0.911 bits per heavy atom. The predicted molar refractivity (Wildman–Crippen MR) is 228 cm³/mol. The minimum atomic E-state index is 0.587. The van der Waals surface area contributed by atoms with Gasteiger partial charge in [0.25, 0.3) is 0 Å². The van der Waals surface area contributed by atoms with E-state index in [2.05, 4.69) is 91.0 Å². The van der Waals surface area contributed by atoms with Crippen LogP contribution in [0, 0.1) is 0 Å². The van der Waals surface area contributed by atoms with E-state index in [0.29, 0.717) is 17.5 Å². The molecule has 0 bridgehead atoms. The third-order valence-electron chi connectivity index (χ3n) is 10.2. The Hall–Kier alpha value is -7.35. The summed E-state index contributed by atoms with van der Waals surface area (Å²) in [5, 5.41) is 3.23. The van der Waals surface area contributed by atoms with E-state index in [9.17, 15) is 0 Å². The Balaban J connectivity index is 1.00. The third kappa shape index (κ3) is 5.52. The maximum absolute atomic E-state index is 6.71. The fourth-order valence-corrected chi connectivity index (χ4v) is 8.57. The van der Waals surface area contributed by atoms with Crippen molar-refractivity contribution in [1.82, 2.24) is 24.9 Å². The lowest BCUT2D eigenvalue weighted by molar-refractivity contribution is 0.670. The van der Waals surface area contributed by atoms with Gasteiger partial charge in [0.1, 0.15) is 11.2 Å². The van der Waals surface area contributed by atoms with Crippen molar-refractivity contribution in [2.45, 2.75) is 0 Å². The second-order valence-corrected chi connectivity index (χ2v) is 14.7. The molecule has 56 heavy (non-hydrogen) atoms. The SMILES string of the molecule is c1ccc(-c2nc(-c3ccccc3)nc(-c3ccc4c(c3)oc3c(-c5ccc(-c6nc(-c7ccccc7)nc7c6sc6ccccc67)cc5)cccc34)n2)cc1. The average Bonchev–Trinajstić information content (AvgIpc) is 3.85. The van der Waals surface area contributed by atoms with Crippen LogP contribution in [0.4, 0.5) is 0 Å². The molecule has 11 rings (SSSR count). The zero-order chi connectivity index (χ0) is 37.0. The first-order valence-electron chi connectivity index (χ1n) is 18.4. The highest BCUT2D eigenvalue weighted by atomic mass is 32.1. The molecule has 0 radical (unpaired) electrons. The maximum Gasteiger partial charge on any atom is 0.164 e. The fraction of sp³-hybridized carbons (Fsp3) is 0. The van der Waals surface area contributed by atoms with E-state index in [1.165, 1.54) is 4.70 Å². The summed E-state index contributed by atoms with van der Waals surface area (Å²) in [4.78, 5) is 25.0. The lowest BCUT2D eigenvalue weighted by Crippen LogP contribution is -2.00. The van der Waals surface area contributed by atoms with Gasteiger partial charge in [-0.1, -0.05) is 158 Å². The van der Waals surface area contributed by atoms with Crippen molar-refractivity contribution in [2.75, 3.05) is 0 Å². The van der Waals surface area contributed by atoms with Crippen LogP contribution >= 0.6 is 11.3 Å². The van der Waals surface area contributed by atoms with Gasteiger partial charge >= 0.3 is 0 Å². The van der Waals surface area contributed by atoms with Gasteiger partial charge in [-0.05, 0) is 23.8 Å². The van der Waals surface area contributed by atoms with Crippen molar-refractivity contribution >= 4 is 53.6 Å². The summed E-state index contributed by atoms with van der Waals surface area (Å²) in [5.41, 5.74) is 10.3. The van der Waals surface area contributed by atoms with Gasteiger partial charge in [0.05, 0.1) is 15.9 Å². The second-order valence-electron chi connectivity index (χ2n) is 13.6. The summed E-state index contributed by atoms with van der Waals surface area (Å²) in [6.07, 6.45) is 0. The molecule has 0 aliphatic rings. The van der Waals surface area contributed by atoms with Gasteiger partial charge in [-0.15, -0.1) is 11.3 Å². The number of hydrogen-bond donors (Lipinski definition) is 0. The van der Waals surface area contributed by atoms with E-state index in [4.69, 9.17) is 29.3 Å². The van der Waals surface area contributed by atoms with Crippen molar-refractivity contribution in [3.8, 4) is 67.9 Å². The molecule has 0 saturated carbocycles. The normalized spacial score (nSPS) is 11.6. The Bertz CT molecular complexity index is 3180. The molecule has 7 heteroatoms. The molecule has 0 amide bonds. The molecule has 0 saturated heterocycles. The highest BCUT2D eigenvalue weighted by molar-refractivity contribution is 7.26. The quantitative estimate of drug-likeness (QED) is 0.169. The number of fused-ring (bicyclic) bond motifs is 6. The van der Waals surface area contributed by atoms with Crippen LogP contribution in [0.3, 0.4) is 0 Å². The van der Waals surface area contributed by atoms with Crippen LogP contribution in [0.1, 0.15) is 0 Å². The lowest BCUT2D eigenvalue weighted by Gasteiger charge is -2.08. The number of rotatable bonds is 6. The van der Waals surface area contributed by atoms with Crippen molar-refractivity contribution in [2.24, 2.45) is 0 Å². The molecule has 0 aliphatic heterocycles. The summed E-state index contributed by atoms with van der Waals surface area (Å²) in [6, 6.07) is 59.9. The average molecular weight is 736 g/mol. The molecule has 0 atom stereocenters. The van der Waals surface area contributed by atoms with Crippen molar-refractivity contribution < 1.29 is 4.42 Å². The first kappa shape index (κ1) is 32.1. The minimum Gasteiger partial charge on any atom is -0.455 e. The molecule has 11 aromatic rings. The Kier molecular flexibility index (Phi) is 7.57. The van der Waals surface area contributed by atoms with Gasteiger partial charge in [0, 0.05) is 54.2 Å². The molecule has 0 aliphatic carbocycles. The molecule has 0 fully saturated rings. The fourth-order valence-electron chi connectivity index (χ4n) is 7.41. The minimum absolute atomic E-state index is 0.587. The number of furan rings is 1. The van der Waals surface area contributed by atoms with Gasteiger partial charge in [0.2, 0.25) is 0 Å². The Morgan fingerprint density at radius 1 is 0.375 bits per heavy atom. The predicted octanol–water partition coefficient (Wildman–Crippen LogP) is 12.9. The van der Waals surface area contributed by atoms with Gasteiger partial charge in [0.15, 0.2) is 23.3 Å². The van der Waals surface area contributed by atoms with E-state index in [0.717, 1.165) is 88.0 Å². The first-order chi connectivity index (χ1) is 27.7. The smallest absolute Gasteiger partial charge is 0.164 e. The van der Waals surface area contributed by atoms with Crippen LogP contribution in [0.15, 0.2) is 180 Å². The molecule has 0 unspecified atom stereocenters. The zero-order valence-electron chi connectivity index (χ0n) is 29.8. The summed E-state index contributed by atoms with van der Waals surface area (Å²) >= 11 is 1.74. The maximum atomic E-state index is 6.71. The van der Waals surface area contributed by atoms with E-state index < -0.39 is 0 Å². The monoisotopic (exact) mass is 735 g/mol. The van der Waals surface area contributed by atoms with Crippen molar-refractivity contribution in [3.63, 3.8) is 0 Å². The summed E-state index contributed by atoms with van der Waals surface area (Å²) in [7, 11) is 0.